The number of esters is 2. The van der Waals surface area contributed by atoms with Crippen LogP contribution in [0.15, 0.2) is 108 Å². The molecule has 17 heteroatoms. The number of ether oxygens (including phenoxy) is 2. The van der Waals surface area contributed by atoms with Gasteiger partial charge in [-0.3, -0.25) is 9.59 Å². The van der Waals surface area contributed by atoms with Crippen LogP contribution in [0, 0.1) is 7.40 Å². The number of hydrogen-bond donors (Lipinski definition) is 1. The predicted octanol–water partition coefficient (Wildman–Crippen LogP) is 8.35. The lowest BCUT2D eigenvalue weighted by Crippen LogP contribution is -2.27. The predicted molar refractivity (Wildman–Crippen MR) is 254 cm³/mol. The minimum Gasteiger partial charge on any atom is -0.462 e. The van der Waals surface area contributed by atoms with Crippen LogP contribution in [-0.2, 0) is 19.1 Å². The molecule has 314 valence electrons. The Hall–Kier alpha value is -4.81. The Morgan fingerprint density at radius 3 is 1.52 bits per heavy atom. The van der Waals surface area contributed by atoms with E-state index in [2.05, 4.69) is 133 Å². The molecule has 0 saturated heterocycles. The maximum absolute atomic E-state index is 11.6. The van der Waals surface area contributed by atoms with Gasteiger partial charge in [0.25, 0.3) is 0 Å². The summed E-state index contributed by atoms with van der Waals surface area (Å²) in [7, 11) is -2.51. The number of benzene rings is 3. The van der Waals surface area contributed by atoms with Crippen LogP contribution in [0.2, 0.25) is 0 Å². The van der Waals surface area contributed by atoms with Crippen LogP contribution in [-0.4, -0.2) is 63.6 Å². The van der Waals surface area contributed by atoms with E-state index < -0.39 is 7.05 Å². The molecule has 0 aliphatic heterocycles. The van der Waals surface area contributed by atoms with E-state index in [1.165, 1.54) is 20.2 Å². The van der Waals surface area contributed by atoms with Crippen molar-refractivity contribution in [1.82, 2.24) is 39.5 Å². The van der Waals surface area contributed by atoms with Crippen LogP contribution in [0.4, 0.5) is 11.6 Å². The van der Waals surface area contributed by atoms with Crippen molar-refractivity contribution in [3.8, 4) is 0 Å². The highest BCUT2D eigenvalue weighted by Gasteiger charge is 2.32. The molecule has 3 aromatic carbocycles. The first-order chi connectivity index (χ1) is 29.6. The Labute approximate surface area is 380 Å². The molecule has 4 atom stereocenters. The summed E-state index contributed by atoms with van der Waals surface area (Å²) in [5.74, 6) is 0.616. The molecule has 7 aromatic rings. The van der Waals surface area contributed by atoms with E-state index in [9.17, 15) is 9.59 Å². The third-order valence-corrected chi connectivity index (χ3v) is 16.2. The molecule has 4 heterocycles. The van der Waals surface area contributed by atoms with Crippen molar-refractivity contribution in [3.05, 3.63) is 111 Å². The minimum absolute atomic E-state index is 0.0441. The van der Waals surface area contributed by atoms with Crippen molar-refractivity contribution in [2.45, 2.75) is 89.5 Å². The molecule has 0 radical (unpaired) electrons. The summed E-state index contributed by atoms with van der Waals surface area (Å²) in [5, 5.41) is 14.6. The molecule has 2 saturated carbocycles. The smallest absolute Gasteiger partial charge is 0.302 e. The van der Waals surface area contributed by atoms with Crippen molar-refractivity contribution in [2.24, 2.45) is 4.74 Å². The number of carbonyl (C=O) groups excluding carboxylic acids is 2. The normalized spacial score (nSPS) is 19.1. The second-order valence-electron chi connectivity index (χ2n) is 15.2. The molecule has 61 heavy (non-hydrogen) atoms. The number of nitrogen functional groups attached to an aromatic ring is 1. The van der Waals surface area contributed by atoms with E-state index in [1.807, 2.05) is 27.6 Å². The quantitative estimate of drug-likeness (QED) is 0.0879. The summed E-state index contributed by atoms with van der Waals surface area (Å²) in [6.45, 7) is 2.92. The molecule has 2 aliphatic carbocycles. The maximum Gasteiger partial charge on any atom is 0.302 e. The van der Waals surface area contributed by atoms with Gasteiger partial charge < -0.3 is 15.2 Å². The van der Waals surface area contributed by atoms with Gasteiger partial charge in [0, 0.05) is 42.6 Å². The van der Waals surface area contributed by atoms with Crippen molar-refractivity contribution in [1.29, 1.82) is 0 Å². The SMILES string of the molecule is CC(=O)O[C@@H]1CCC[C@@H](n2nc(I)c3c(N)ncnc32)C1.CC(=O)O[C@@H]1CCC[C@@H](n2nc(I)c3c(N=P(c4ccccc4)(c4ccccc4)c4ccccc4)ncnc32)C1. The summed E-state index contributed by atoms with van der Waals surface area (Å²) < 4.78 is 22.1. The van der Waals surface area contributed by atoms with Crippen LogP contribution in [0.1, 0.15) is 77.3 Å². The van der Waals surface area contributed by atoms with E-state index in [0.29, 0.717) is 11.6 Å². The molecule has 4 aromatic heterocycles. The Kier molecular flexibility index (Phi) is 13.4. The number of halogens is 2. The summed E-state index contributed by atoms with van der Waals surface area (Å²) >= 11 is 4.43. The zero-order valence-corrected chi connectivity index (χ0v) is 38.9. The third kappa shape index (κ3) is 9.21. The summed E-state index contributed by atoms with van der Waals surface area (Å²) in [4.78, 5) is 40.6. The second kappa shape index (κ2) is 19.1. The Bertz CT molecular complexity index is 2610. The zero-order valence-electron chi connectivity index (χ0n) is 33.7. The lowest BCUT2D eigenvalue weighted by atomic mass is 9.93. The van der Waals surface area contributed by atoms with Gasteiger partial charge in [0.05, 0.1) is 29.9 Å². The molecule has 9 rings (SSSR count). The van der Waals surface area contributed by atoms with Crippen molar-refractivity contribution in [3.63, 3.8) is 0 Å². The molecule has 2 aliphatic rings. The van der Waals surface area contributed by atoms with Gasteiger partial charge in [-0.05, 0) is 83.7 Å². The fourth-order valence-corrected chi connectivity index (χ4v) is 13.5. The lowest BCUT2D eigenvalue weighted by molar-refractivity contribution is -0.149. The number of aromatic nitrogens is 8. The summed E-state index contributed by atoms with van der Waals surface area (Å²) in [6, 6.07) is 31.8. The average molecular weight is 1060 g/mol. The van der Waals surface area contributed by atoms with Gasteiger partial charge in [-0.25, -0.2) is 34.0 Å². The zero-order chi connectivity index (χ0) is 42.5. The minimum atomic E-state index is -2.51. The number of carbonyl (C=O) groups is 2. The molecule has 0 bridgehead atoms. The molecule has 0 spiro atoms. The van der Waals surface area contributed by atoms with E-state index in [-0.39, 0.29) is 36.2 Å². The van der Waals surface area contributed by atoms with Gasteiger partial charge in [-0.15, -0.1) is 0 Å². The van der Waals surface area contributed by atoms with Gasteiger partial charge >= 0.3 is 11.9 Å². The average Bonchev–Trinajstić information content (AvgIpc) is 3.81. The number of nitrogens with zero attached hydrogens (tertiary/aromatic N) is 9. The number of anilines is 1. The second-order valence-corrected chi connectivity index (χ2v) is 20.2. The fourth-order valence-electron chi connectivity index (χ4n) is 8.52. The summed E-state index contributed by atoms with van der Waals surface area (Å²) in [5.41, 5.74) is 7.43. The number of hydrogen-bond acceptors (Lipinski definition) is 12. The van der Waals surface area contributed by atoms with Crippen LogP contribution >= 0.6 is 52.2 Å². The lowest BCUT2D eigenvalue weighted by Gasteiger charge is -2.29. The maximum atomic E-state index is 11.6. The third-order valence-electron chi connectivity index (χ3n) is 11.1. The van der Waals surface area contributed by atoms with E-state index in [1.54, 1.807) is 6.33 Å². The van der Waals surface area contributed by atoms with Gasteiger partial charge in [0.2, 0.25) is 0 Å². The van der Waals surface area contributed by atoms with Crippen LogP contribution in [0.5, 0.6) is 0 Å². The molecule has 2 N–H and O–H groups in total. The van der Waals surface area contributed by atoms with Crippen LogP contribution < -0.4 is 21.6 Å². The van der Waals surface area contributed by atoms with Crippen molar-refractivity contribution < 1.29 is 19.1 Å². The monoisotopic (exact) mass is 1060 g/mol. The van der Waals surface area contributed by atoms with E-state index in [4.69, 9.17) is 35.0 Å². The highest BCUT2D eigenvalue weighted by molar-refractivity contribution is 14.1. The van der Waals surface area contributed by atoms with Gasteiger partial charge in [0.1, 0.15) is 38.1 Å². The van der Waals surface area contributed by atoms with Gasteiger partial charge in [0.15, 0.2) is 17.1 Å². The first kappa shape index (κ1) is 42.9. The standard InChI is InChI=1S/C31H29IN5O2P.C13H16IN5O2/c1-22(38)39-24-13-11-12-23(20-24)37-31-28(29(32)35-37)30(33-21-34-31)36-40(25-14-5-2-6-15-25,26-16-7-3-8-17-26)27-18-9-4-10-19-27;1-7(20)21-9-4-2-3-8(5-9)19-13-10(11(14)18-19)12(15)16-6-17-13/h2-10,14-19,21,23-24H,11-13,20H2,1H3;6,8-9H,2-5H2,1H3,(H2,15,16,17)/t23-,24-;8-,9-/m11/s1. The van der Waals surface area contributed by atoms with Crippen LogP contribution in [0.25, 0.3) is 22.1 Å². The highest BCUT2D eigenvalue weighted by atomic mass is 127. The van der Waals surface area contributed by atoms with Crippen molar-refractivity contribution in [2.75, 3.05) is 5.73 Å². The number of fused-ring (bicyclic) bond motifs is 2. The Morgan fingerprint density at radius 2 is 1.07 bits per heavy atom. The topological polar surface area (TPSA) is 178 Å². The van der Waals surface area contributed by atoms with Gasteiger partial charge in [-0.1, -0.05) is 91.0 Å². The first-order valence-electron chi connectivity index (χ1n) is 20.3. The van der Waals surface area contributed by atoms with Crippen molar-refractivity contribution >= 4 is 114 Å². The molecule has 0 amide bonds. The fraction of sp³-hybridized carbons (Fsp3) is 0.318. The van der Waals surface area contributed by atoms with Crippen LogP contribution in [0.3, 0.4) is 0 Å². The molecule has 14 nitrogen and oxygen atoms in total. The molecule has 2 fully saturated rings. The highest BCUT2D eigenvalue weighted by Crippen LogP contribution is 2.50. The number of rotatable bonds is 8. The first-order valence-corrected chi connectivity index (χ1v) is 24.2. The van der Waals surface area contributed by atoms with E-state index >= 15 is 0 Å². The van der Waals surface area contributed by atoms with Gasteiger partial charge in [-0.2, -0.15) is 10.2 Å². The summed E-state index contributed by atoms with van der Waals surface area (Å²) in [6.07, 6.45) is 10.1. The Balaban J connectivity index is 0.000000205. The van der Waals surface area contributed by atoms with E-state index in [0.717, 1.165) is 96.7 Å². The Morgan fingerprint density at radius 1 is 0.639 bits per heavy atom. The largest absolute Gasteiger partial charge is 0.462 e. The molecular formula is C44H45I2N10O4P. The molecular weight excluding hydrogens is 1020 g/mol. The molecule has 0 unspecified atom stereocenters. The number of nitrogens with two attached hydrogens (primary N) is 1.